The Labute approximate surface area is 232 Å². The highest BCUT2D eigenvalue weighted by Crippen LogP contribution is 2.29. The number of carbonyl (C=O) groups excluding carboxylic acids is 2. The van der Waals surface area contributed by atoms with Crippen LogP contribution in [0, 0.1) is 0 Å². The van der Waals surface area contributed by atoms with Gasteiger partial charge in [-0.1, -0.05) is 60.7 Å². The van der Waals surface area contributed by atoms with Crippen LogP contribution in [0.4, 0.5) is 10.8 Å². The van der Waals surface area contributed by atoms with E-state index in [2.05, 4.69) is 15.6 Å². The van der Waals surface area contributed by atoms with Crippen LogP contribution >= 0.6 is 23.1 Å². The minimum Gasteiger partial charge on any atom is -0.478 e. The molecule has 7 nitrogen and oxygen atoms in total. The molecule has 0 radical (unpaired) electrons. The number of hydrogen-bond donors (Lipinski definition) is 3. The Morgan fingerprint density at radius 3 is 2.33 bits per heavy atom. The van der Waals surface area contributed by atoms with Gasteiger partial charge in [-0.3, -0.25) is 9.59 Å². The van der Waals surface area contributed by atoms with Crippen LogP contribution < -0.4 is 10.6 Å². The molecule has 0 bridgehead atoms. The predicted octanol–water partition coefficient (Wildman–Crippen LogP) is 7.03. The number of rotatable bonds is 8. The zero-order chi connectivity index (χ0) is 27.4. The SMILES string of the molecule is CC(Sc1cccc(NC(=O)c2cccc3cccc(C(=O)O)c23)c1)C(=O)Nc1nc(-c2ccccc2)cs1. The standard InChI is InChI=1S/C30H23N3O4S2/c1-18(27(34)33-30-32-25(17-38-30)19-8-3-2-4-9-19)39-22-13-7-12-21(16-22)31-28(35)23-14-5-10-20-11-6-15-24(26(20)23)29(36)37/h2-18H,1H3,(H,31,35)(H,36,37)(H,32,33,34). The number of hydrogen-bond acceptors (Lipinski definition) is 6. The molecule has 194 valence electrons. The van der Waals surface area contributed by atoms with Crippen LogP contribution in [0.1, 0.15) is 27.6 Å². The van der Waals surface area contributed by atoms with Crippen LogP contribution in [0.3, 0.4) is 0 Å². The first-order valence-electron chi connectivity index (χ1n) is 12.0. The number of carbonyl (C=O) groups is 3. The average Bonchev–Trinajstić information content (AvgIpc) is 3.41. The molecule has 5 aromatic rings. The molecular weight excluding hydrogens is 530 g/mol. The highest BCUT2D eigenvalue weighted by atomic mass is 32.2. The molecule has 0 aliphatic rings. The third-order valence-electron chi connectivity index (χ3n) is 5.96. The molecule has 0 saturated heterocycles. The Morgan fingerprint density at radius 1 is 0.872 bits per heavy atom. The summed E-state index contributed by atoms with van der Waals surface area (Å²) in [5.74, 6) is -1.69. The number of thiazole rings is 1. The normalized spacial score (nSPS) is 11.6. The second kappa shape index (κ2) is 11.5. The number of carboxylic acid groups (broad SMARTS) is 1. The Hall–Kier alpha value is -4.47. The van der Waals surface area contributed by atoms with Gasteiger partial charge in [0, 0.05) is 32.5 Å². The third-order valence-corrected chi connectivity index (χ3v) is 7.81. The summed E-state index contributed by atoms with van der Waals surface area (Å²) in [6, 6.07) is 27.0. The fourth-order valence-corrected chi connectivity index (χ4v) is 5.74. The van der Waals surface area contributed by atoms with E-state index >= 15 is 0 Å². The molecule has 1 heterocycles. The van der Waals surface area contributed by atoms with Gasteiger partial charge in [-0.2, -0.15) is 0 Å². The van der Waals surface area contributed by atoms with E-state index in [9.17, 15) is 19.5 Å². The molecule has 0 aliphatic heterocycles. The van der Waals surface area contributed by atoms with Crippen molar-refractivity contribution < 1.29 is 19.5 Å². The monoisotopic (exact) mass is 553 g/mol. The number of fused-ring (bicyclic) bond motifs is 1. The van der Waals surface area contributed by atoms with Crippen LogP contribution in [0.2, 0.25) is 0 Å². The summed E-state index contributed by atoms with van der Waals surface area (Å²) in [6.07, 6.45) is 0. The molecule has 0 saturated carbocycles. The fraction of sp³-hybridized carbons (Fsp3) is 0.0667. The molecule has 4 aromatic carbocycles. The fourth-order valence-electron chi connectivity index (χ4n) is 4.09. The molecule has 0 fully saturated rings. The largest absolute Gasteiger partial charge is 0.478 e. The summed E-state index contributed by atoms with van der Waals surface area (Å²) >= 11 is 2.73. The van der Waals surface area contributed by atoms with Crippen LogP contribution in [0.5, 0.6) is 0 Å². The first kappa shape index (κ1) is 26.1. The summed E-state index contributed by atoms with van der Waals surface area (Å²) in [7, 11) is 0. The second-order valence-corrected chi connectivity index (χ2v) is 10.9. The number of nitrogens with zero attached hydrogens (tertiary/aromatic N) is 1. The maximum absolute atomic E-state index is 13.2. The van der Waals surface area contributed by atoms with Crippen molar-refractivity contribution in [1.29, 1.82) is 0 Å². The number of benzene rings is 4. The van der Waals surface area contributed by atoms with Crippen LogP contribution in [0.25, 0.3) is 22.0 Å². The molecule has 5 rings (SSSR count). The highest BCUT2D eigenvalue weighted by Gasteiger charge is 2.19. The zero-order valence-corrected chi connectivity index (χ0v) is 22.4. The van der Waals surface area contributed by atoms with Crippen LogP contribution in [-0.4, -0.2) is 33.1 Å². The summed E-state index contributed by atoms with van der Waals surface area (Å²) in [5, 5.41) is 18.4. The molecule has 1 unspecified atom stereocenters. The van der Waals surface area contributed by atoms with Crippen molar-refractivity contribution in [2.24, 2.45) is 0 Å². The second-order valence-electron chi connectivity index (χ2n) is 8.65. The molecule has 9 heteroatoms. The minimum absolute atomic E-state index is 0.0681. The molecule has 0 aliphatic carbocycles. The lowest BCUT2D eigenvalue weighted by atomic mass is 9.98. The molecule has 39 heavy (non-hydrogen) atoms. The van der Waals surface area contributed by atoms with Gasteiger partial charge < -0.3 is 15.7 Å². The number of nitrogens with one attached hydrogen (secondary N) is 2. The van der Waals surface area contributed by atoms with Crippen molar-refractivity contribution in [3.8, 4) is 11.3 Å². The van der Waals surface area contributed by atoms with Gasteiger partial charge in [-0.25, -0.2) is 9.78 Å². The molecule has 2 amide bonds. The Bertz CT molecular complexity index is 1680. The van der Waals surface area contributed by atoms with Crippen molar-refractivity contribution in [2.75, 3.05) is 10.6 Å². The van der Waals surface area contributed by atoms with Crippen molar-refractivity contribution in [1.82, 2.24) is 4.98 Å². The summed E-state index contributed by atoms with van der Waals surface area (Å²) in [5.41, 5.74) is 2.67. The van der Waals surface area contributed by atoms with Crippen molar-refractivity contribution in [2.45, 2.75) is 17.1 Å². The van der Waals surface area contributed by atoms with Gasteiger partial charge in [-0.15, -0.1) is 23.1 Å². The Morgan fingerprint density at radius 2 is 1.59 bits per heavy atom. The topological polar surface area (TPSA) is 108 Å². The lowest BCUT2D eigenvalue weighted by molar-refractivity contribution is -0.115. The van der Waals surface area contributed by atoms with Gasteiger partial charge >= 0.3 is 5.97 Å². The van der Waals surface area contributed by atoms with E-state index in [0.29, 0.717) is 21.6 Å². The molecular formula is C30H23N3O4S2. The summed E-state index contributed by atoms with van der Waals surface area (Å²) in [4.78, 5) is 43.1. The van der Waals surface area contributed by atoms with Gasteiger partial charge in [0.2, 0.25) is 5.91 Å². The smallest absolute Gasteiger partial charge is 0.336 e. The van der Waals surface area contributed by atoms with Gasteiger partial charge in [0.25, 0.3) is 5.91 Å². The highest BCUT2D eigenvalue weighted by molar-refractivity contribution is 8.00. The number of amides is 2. The zero-order valence-electron chi connectivity index (χ0n) is 20.8. The Balaban J connectivity index is 1.26. The summed E-state index contributed by atoms with van der Waals surface area (Å²) in [6.45, 7) is 1.81. The number of carboxylic acids is 1. The lowest BCUT2D eigenvalue weighted by Crippen LogP contribution is -2.22. The van der Waals surface area contributed by atoms with E-state index in [4.69, 9.17) is 0 Å². The van der Waals surface area contributed by atoms with Gasteiger partial charge in [-0.05, 0) is 42.6 Å². The molecule has 3 N–H and O–H groups in total. The van der Waals surface area contributed by atoms with Crippen LogP contribution in [0.15, 0.2) is 101 Å². The van der Waals surface area contributed by atoms with Gasteiger partial charge in [0.1, 0.15) is 0 Å². The summed E-state index contributed by atoms with van der Waals surface area (Å²) < 4.78 is 0. The van der Waals surface area contributed by atoms with Crippen molar-refractivity contribution >= 4 is 62.5 Å². The number of aromatic nitrogens is 1. The van der Waals surface area contributed by atoms with Crippen molar-refractivity contribution in [3.63, 3.8) is 0 Å². The van der Waals surface area contributed by atoms with E-state index in [-0.39, 0.29) is 17.0 Å². The number of thioether (sulfide) groups is 1. The Kier molecular flexibility index (Phi) is 7.72. The van der Waals surface area contributed by atoms with E-state index in [1.165, 1.54) is 29.2 Å². The maximum atomic E-state index is 13.2. The lowest BCUT2D eigenvalue weighted by Gasteiger charge is -2.13. The molecule has 1 aromatic heterocycles. The van der Waals surface area contributed by atoms with E-state index in [1.54, 1.807) is 55.5 Å². The van der Waals surface area contributed by atoms with Gasteiger partial charge in [0.05, 0.1) is 16.5 Å². The third kappa shape index (κ3) is 6.00. The predicted molar refractivity (Wildman–Crippen MR) is 157 cm³/mol. The van der Waals surface area contributed by atoms with Crippen LogP contribution in [-0.2, 0) is 4.79 Å². The average molecular weight is 554 g/mol. The van der Waals surface area contributed by atoms with E-state index in [0.717, 1.165) is 16.2 Å². The maximum Gasteiger partial charge on any atom is 0.336 e. The first-order valence-corrected chi connectivity index (χ1v) is 13.8. The van der Waals surface area contributed by atoms with Gasteiger partial charge in [0.15, 0.2) is 5.13 Å². The molecule has 0 spiro atoms. The number of aromatic carboxylic acids is 1. The quantitative estimate of drug-likeness (QED) is 0.178. The molecule has 1 atom stereocenters. The van der Waals surface area contributed by atoms with E-state index in [1.807, 2.05) is 41.8 Å². The van der Waals surface area contributed by atoms with Crippen molar-refractivity contribution in [3.05, 3.63) is 108 Å². The number of anilines is 2. The first-order chi connectivity index (χ1) is 18.9. The minimum atomic E-state index is -1.10. The van der Waals surface area contributed by atoms with E-state index < -0.39 is 17.1 Å².